The van der Waals surface area contributed by atoms with Crippen LogP contribution in [0.15, 0.2) is 24.3 Å². The van der Waals surface area contributed by atoms with E-state index >= 15 is 0 Å². The summed E-state index contributed by atoms with van der Waals surface area (Å²) in [6, 6.07) is 7.36. The van der Waals surface area contributed by atoms with Gasteiger partial charge in [0.25, 0.3) is 0 Å². The number of rotatable bonds is 5. The monoisotopic (exact) mass is 237 g/mol. The molecule has 0 fully saturated rings. The molecule has 1 aromatic rings. The largest absolute Gasteiger partial charge is 0.496 e. The van der Waals surface area contributed by atoms with Crippen LogP contribution in [0.1, 0.15) is 25.0 Å². The smallest absolute Gasteiger partial charge is 0.219 e. The second-order valence-electron chi connectivity index (χ2n) is 3.99. The summed E-state index contributed by atoms with van der Waals surface area (Å²) in [5, 5.41) is 10.0. The Hall–Kier alpha value is -1.55. The summed E-state index contributed by atoms with van der Waals surface area (Å²) in [6.07, 6.45) is -0.121. The van der Waals surface area contributed by atoms with Gasteiger partial charge in [0.15, 0.2) is 0 Å². The number of para-hydroxylation sites is 1. The summed E-state index contributed by atoms with van der Waals surface area (Å²) in [7, 11) is 3.30. The van der Waals surface area contributed by atoms with E-state index in [1.165, 1.54) is 6.92 Å². The Morgan fingerprint density at radius 2 is 2.12 bits per heavy atom. The highest BCUT2D eigenvalue weighted by Crippen LogP contribution is 2.26. The molecular formula is C13H19NO3. The van der Waals surface area contributed by atoms with E-state index < -0.39 is 6.10 Å². The maximum absolute atomic E-state index is 11.0. The molecule has 0 aliphatic carbocycles. The number of ether oxygens (including phenoxy) is 1. The van der Waals surface area contributed by atoms with Crippen molar-refractivity contribution in [2.75, 3.05) is 20.7 Å². The van der Waals surface area contributed by atoms with Gasteiger partial charge >= 0.3 is 0 Å². The van der Waals surface area contributed by atoms with Gasteiger partial charge in [-0.15, -0.1) is 0 Å². The Kier molecular flexibility index (Phi) is 4.97. The molecule has 0 spiro atoms. The molecular weight excluding hydrogens is 218 g/mol. The van der Waals surface area contributed by atoms with Crippen LogP contribution in [0.4, 0.5) is 0 Å². The summed E-state index contributed by atoms with van der Waals surface area (Å²) in [6.45, 7) is 2.03. The third kappa shape index (κ3) is 3.75. The SMILES string of the molecule is COc1ccccc1[C@H](O)CCN(C)C(C)=O. The number of amides is 1. The van der Waals surface area contributed by atoms with Gasteiger partial charge in [0.05, 0.1) is 13.2 Å². The van der Waals surface area contributed by atoms with E-state index in [4.69, 9.17) is 4.74 Å². The van der Waals surface area contributed by atoms with E-state index in [0.29, 0.717) is 18.7 Å². The van der Waals surface area contributed by atoms with Crippen LogP contribution in [-0.2, 0) is 4.79 Å². The number of hydrogen-bond donors (Lipinski definition) is 1. The molecule has 1 rings (SSSR count). The maximum Gasteiger partial charge on any atom is 0.219 e. The zero-order chi connectivity index (χ0) is 12.8. The van der Waals surface area contributed by atoms with E-state index in [-0.39, 0.29) is 5.91 Å². The number of aliphatic hydroxyl groups is 1. The van der Waals surface area contributed by atoms with Crippen molar-refractivity contribution >= 4 is 5.91 Å². The lowest BCUT2D eigenvalue weighted by Gasteiger charge is -2.19. The first kappa shape index (κ1) is 13.5. The standard InChI is InChI=1S/C13H19NO3/c1-10(15)14(2)9-8-12(16)11-6-4-5-7-13(11)17-3/h4-7,12,16H,8-9H2,1-3H3/t12-/m1/s1. The highest BCUT2D eigenvalue weighted by atomic mass is 16.5. The van der Waals surface area contributed by atoms with Crippen LogP contribution >= 0.6 is 0 Å². The van der Waals surface area contributed by atoms with Gasteiger partial charge in [-0.25, -0.2) is 0 Å². The summed E-state index contributed by atoms with van der Waals surface area (Å²) < 4.78 is 5.18. The number of methoxy groups -OCH3 is 1. The maximum atomic E-state index is 11.0. The van der Waals surface area contributed by atoms with Gasteiger partial charge in [-0.3, -0.25) is 4.79 Å². The van der Waals surface area contributed by atoms with Gasteiger partial charge in [0.1, 0.15) is 5.75 Å². The number of carbonyl (C=O) groups excluding carboxylic acids is 1. The first-order valence-corrected chi connectivity index (χ1v) is 5.59. The van der Waals surface area contributed by atoms with E-state index in [2.05, 4.69) is 0 Å². The lowest BCUT2D eigenvalue weighted by molar-refractivity contribution is -0.127. The summed E-state index contributed by atoms with van der Waals surface area (Å²) in [5.74, 6) is 0.669. The second kappa shape index (κ2) is 6.25. The minimum absolute atomic E-state index is 0.00257. The van der Waals surface area contributed by atoms with Crippen molar-refractivity contribution < 1.29 is 14.6 Å². The molecule has 0 heterocycles. The highest BCUT2D eigenvalue weighted by Gasteiger charge is 2.13. The van der Waals surface area contributed by atoms with Gasteiger partial charge in [-0.2, -0.15) is 0 Å². The van der Waals surface area contributed by atoms with Crippen LogP contribution < -0.4 is 4.74 Å². The van der Waals surface area contributed by atoms with Crippen LogP contribution in [0, 0.1) is 0 Å². The van der Waals surface area contributed by atoms with Gasteiger partial charge in [-0.1, -0.05) is 18.2 Å². The molecule has 1 N–H and O–H groups in total. The van der Waals surface area contributed by atoms with Crippen molar-refractivity contribution in [1.82, 2.24) is 4.90 Å². The zero-order valence-electron chi connectivity index (χ0n) is 10.5. The van der Waals surface area contributed by atoms with E-state index in [1.807, 2.05) is 24.3 Å². The van der Waals surface area contributed by atoms with Gasteiger partial charge in [-0.05, 0) is 12.5 Å². The Labute approximate surface area is 102 Å². The average molecular weight is 237 g/mol. The molecule has 1 amide bonds. The Bertz CT molecular complexity index is 379. The van der Waals surface area contributed by atoms with Gasteiger partial charge < -0.3 is 14.7 Å². The molecule has 0 aliphatic rings. The zero-order valence-corrected chi connectivity index (χ0v) is 10.5. The topological polar surface area (TPSA) is 49.8 Å². The number of hydrogen-bond acceptors (Lipinski definition) is 3. The Balaban J connectivity index is 2.63. The lowest BCUT2D eigenvalue weighted by Crippen LogP contribution is -2.26. The van der Waals surface area contributed by atoms with Crippen molar-refractivity contribution in [3.8, 4) is 5.75 Å². The fourth-order valence-electron chi connectivity index (χ4n) is 1.57. The molecule has 0 saturated heterocycles. The predicted octanol–water partition coefficient (Wildman–Crippen LogP) is 1.60. The van der Waals surface area contributed by atoms with Crippen LogP contribution in [-0.4, -0.2) is 36.6 Å². The van der Waals surface area contributed by atoms with Gasteiger partial charge in [0, 0.05) is 26.1 Å². The number of benzene rings is 1. The quantitative estimate of drug-likeness (QED) is 0.846. The molecule has 17 heavy (non-hydrogen) atoms. The molecule has 1 atom stereocenters. The molecule has 0 aromatic heterocycles. The van der Waals surface area contributed by atoms with E-state index in [9.17, 15) is 9.90 Å². The first-order valence-electron chi connectivity index (χ1n) is 5.59. The molecule has 1 aromatic carbocycles. The molecule has 0 aliphatic heterocycles. The predicted molar refractivity (Wildman–Crippen MR) is 65.9 cm³/mol. The minimum atomic E-state index is -0.618. The first-order chi connectivity index (χ1) is 8.06. The number of aliphatic hydroxyl groups excluding tert-OH is 1. The summed E-state index contributed by atoms with van der Waals surface area (Å²) >= 11 is 0. The van der Waals surface area contributed by atoms with Gasteiger partial charge in [0.2, 0.25) is 5.91 Å². The molecule has 0 unspecified atom stereocenters. The lowest BCUT2D eigenvalue weighted by atomic mass is 10.1. The van der Waals surface area contributed by atoms with Crippen molar-refractivity contribution in [3.63, 3.8) is 0 Å². The minimum Gasteiger partial charge on any atom is -0.496 e. The van der Waals surface area contributed by atoms with Crippen molar-refractivity contribution in [2.24, 2.45) is 0 Å². The van der Waals surface area contributed by atoms with E-state index in [1.54, 1.807) is 19.1 Å². The van der Waals surface area contributed by atoms with Crippen molar-refractivity contribution in [2.45, 2.75) is 19.4 Å². The summed E-state index contributed by atoms with van der Waals surface area (Å²) in [4.78, 5) is 12.6. The van der Waals surface area contributed by atoms with E-state index in [0.717, 1.165) is 5.56 Å². The van der Waals surface area contributed by atoms with Crippen molar-refractivity contribution in [1.29, 1.82) is 0 Å². The molecule has 4 nitrogen and oxygen atoms in total. The average Bonchev–Trinajstić information content (AvgIpc) is 2.35. The molecule has 0 radical (unpaired) electrons. The summed E-state index contributed by atoms with van der Waals surface area (Å²) in [5.41, 5.74) is 0.756. The fourth-order valence-corrected chi connectivity index (χ4v) is 1.57. The molecule has 4 heteroatoms. The Morgan fingerprint density at radius 1 is 1.47 bits per heavy atom. The van der Waals surface area contributed by atoms with Crippen LogP contribution in [0.3, 0.4) is 0 Å². The molecule has 0 saturated carbocycles. The third-order valence-electron chi connectivity index (χ3n) is 2.77. The normalized spacial score (nSPS) is 12.0. The Morgan fingerprint density at radius 3 is 2.71 bits per heavy atom. The van der Waals surface area contributed by atoms with Crippen LogP contribution in [0.5, 0.6) is 5.75 Å². The van der Waals surface area contributed by atoms with Crippen LogP contribution in [0.2, 0.25) is 0 Å². The second-order valence-corrected chi connectivity index (χ2v) is 3.99. The highest BCUT2D eigenvalue weighted by molar-refractivity contribution is 5.72. The number of nitrogens with zero attached hydrogens (tertiary/aromatic N) is 1. The number of carbonyl (C=O) groups is 1. The molecule has 94 valence electrons. The van der Waals surface area contributed by atoms with Crippen LogP contribution in [0.25, 0.3) is 0 Å². The fraction of sp³-hybridized carbons (Fsp3) is 0.462. The van der Waals surface area contributed by atoms with Crippen molar-refractivity contribution in [3.05, 3.63) is 29.8 Å². The third-order valence-corrected chi connectivity index (χ3v) is 2.77. The molecule has 0 bridgehead atoms.